The summed E-state index contributed by atoms with van der Waals surface area (Å²) in [7, 11) is 0. The summed E-state index contributed by atoms with van der Waals surface area (Å²) in [5.41, 5.74) is 7.81. The smallest absolute Gasteiger partial charge is 0.251 e. The van der Waals surface area contributed by atoms with Gasteiger partial charge >= 0.3 is 0 Å². The summed E-state index contributed by atoms with van der Waals surface area (Å²) in [5, 5.41) is 5.72. The highest BCUT2D eigenvalue weighted by Gasteiger charge is 2.22. The van der Waals surface area contributed by atoms with E-state index in [4.69, 9.17) is 5.73 Å². The largest absolute Gasteiger partial charge is 0.399 e. The standard InChI is InChI=1S/C15H21N3O2/c1-10-7-11(9-12(16)8-10)15(20)17-6-2-3-14(19)18-13-4-5-13/h7-9,13H,2-6,16H2,1H3,(H,17,20)(H,18,19). The molecule has 0 aliphatic heterocycles. The van der Waals surface area contributed by atoms with Crippen LogP contribution in [0.3, 0.4) is 0 Å². The Morgan fingerprint density at radius 3 is 2.70 bits per heavy atom. The molecule has 0 heterocycles. The summed E-state index contributed by atoms with van der Waals surface area (Å²) in [6.45, 7) is 2.39. The number of hydrogen-bond acceptors (Lipinski definition) is 3. The van der Waals surface area contributed by atoms with Gasteiger partial charge in [0, 0.05) is 30.3 Å². The Hall–Kier alpha value is -2.04. The van der Waals surface area contributed by atoms with Gasteiger partial charge in [0.05, 0.1) is 0 Å². The van der Waals surface area contributed by atoms with Crippen LogP contribution in [-0.2, 0) is 4.79 Å². The molecule has 5 nitrogen and oxygen atoms in total. The zero-order chi connectivity index (χ0) is 14.5. The molecular weight excluding hydrogens is 254 g/mol. The number of benzene rings is 1. The molecule has 0 unspecified atom stereocenters. The number of aryl methyl sites for hydroxylation is 1. The van der Waals surface area contributed by atoms with Crippen molar-refractivity contribution in [2.45, 2.75) is 38.6 Å². The highest BCUT2D eigenvalue weighted by Crippen LogP contribution is 2.18. The van der Waals surface area contributed by atoms with Gasteiger partial charge in [0.25, 0.3) is 5.91 Å². The Morgan fingerprint density at radius 1 is 1.30 bits per heavy atom. The Balaban J connectivity index is 1.70. The third-order valence-electron chi connectivity index (χ3n) is 3.17. The van der Waals surface area contributed by atoms with Crippen LogP contribution in [0.15, 0.2) is 18.2 Å². The molecule has 0 aromatic heterocycles. The number of amides is 2. The first-order chi connectivity index (χ1) is 9.54. The van der Waals surface area contributed by atoms with Crippen LogP contribution in [0.25, 0.3) is 0 Å². The third-order valence-corrected chi connectivity index (χ3v) is 3.17. The van der Waals surface area contributed by atoms with Crippen LogP contribution in [0.2, 0.25) is 0 Å². The van der Waals surface area contributed by atoms with Crippen molar-refractivity contribution in [3.05, 3.63) is 29.3 Å². The molecule has 4 N–H and O–H groups in total. The lowest BCUT2D eigenvalue weighted by atomic mass is 10.1. The van der Waals surface area contributed by atoms with Gasteiger partial charge in [-0.1, -0.05) is 0 Å². The van der Waals surface area contributed by atoms with Crippen LogP contribution < -0.4 is 16.4 Å². The molecule has 0 spiro atoms. The zero-order valence-corrected chi connectivity index (χ0v) is 11.7. The number of carbonyl (C=O) groups excluding carboxylic acids is 2. The van der Waals surface area contributed by atoms with Crippen molar-refractivity contribution in [1.82, 2.24) is 10.6 Å². The monoisotopic (exact) mass is 275 g/mol. The second-order valence-corrected chi connectivity index (χ2v) is 5.33. The minimum absolute atomic E-state index is 0.0709. The Labute approximate surface area is 118 Å². The van der Waals surface area contributed by atoms with Gasteiger partial charge in [-0.3, -0.25) is 9.59 Å². The van der Waals surface area contributed by atoms with Crippen LogP contribution in [-0.4, -0.2) is 24.4 Å². The molecule has 0 atom stereocenters. The summed E-state index contributed by atoms with van der Waals surface area (Å²) in [6.07, 6.45) is 3.28. The highest BCUT2D eigenvalue weighted by atomic mass is 16.2. The van der Waals surface area contributed by atoms with Crippen molar-refractivity contribution >= 4 is 17.5 Å². The van der Waals surface area contributed by atoms with Crippen molar-refractivity contribution in [2.24, 2.45) is 0 Å². The Bertz CT molecular complexity index is 490. The number of anilines is 1. The Kier molecular flexibility index (Phi) is 4.61. The van der Waals surface area contributed by atoms with Crippen LogP contribution in [0.1, 0.15) is 41.6 Å². The van der Waals surface area contributed by atoms with E-state index >= 15 is 0 Å². The summed E-state index contributed by atoms with van der Waals surface area (Å²) >= 11 is 0. The average molecular weight is 275 g/mol. The van der Waals surface area contributed by atoms with Crippen molar-refractivity contribution < 1.29 is 9.59 Å². The number of rotatable bonds is 6. The molecule has 1 aliphatic carbocycles. The minimum atomic E-state index is -0.150. The van der Waals surface area contributed by atoms with Crippen molar-refractivity contribution in [1.29, 1.82) is 0 Å². The van der Waals surface area contributed by atoms with E-state index < -0.39 is 0 Å². The molecule has 5 heteroatoms. The quantitative estimate of drug-likeness (QED) is 0.541. The maximum absolute atomic E-state index is 11.9. The summed E-state index contributed by atoms with van der Waals surface area (Å²) in [4.78, 5) is 23.4. The molecule has 2 amide bonds. The van der Waals surface area contributed by atoms with Crippen molar-refractivity contribution in [2.75, 3.05) is 12.3 Å². The first-order valence-corrected chi connectivity index (χ1v) is 6.99. The molecule has 1 fully saturated rings. The third kappa shape index (κ3) is 4.57. The van der Waals surface area contributed by atoms with Crippen molar-refractivity contribution in [3.63, 3.8) is 0 Å². The van der Waals surface area contributed by atoms with E-state index in [-0.39, 0.29) is 11.8 Å². The lowest BCUT2D eigenvalue weighted by molar-refractivity contribution is -0.121. The molecule has 2 rings (SSSR count). The molecular formula is C15H21N3O2. The van der Waals surface area contributed by atoms with Gasteiger partial charge in [-0.15, -0.1) is 0 Å². The predicted molar refractivity (Wildman–Crippen MR) is 78.3 cm³/mol. The topological polar surface area (TPSA) is 84.2 Å². The van der Waals surface area contributed by atoms with Gasteiger partial charge in [-0.25, -0.2) is 0 Å². The van der Waals surface area contributed by atoms with Gasteiger partial charge in [0.15, 0.2) is 0 Å². The second-order valence-electron chi connectivity index (χ2n) is 5.33. The van der Waals surface area contributed by atoms with Crippen LogP contribution in [0, 0.1) is 6.92 Å². The van der Waals surface area contributed by atoms with E-state index in [1.54, 1.807) is 12.1 Å². The summed E-state index contributed by atoms with van der Waals surface area (Å²) in [5.74, 6) is -0.0791. The van der Waals surface area contributed by atoms with Gasteiger partial charge in [0.1, 0.15) is 0 Å². The summed E-state index contributed by atoms with van der Waals surface area (Å²) in [6, 6.07) is 5.67. The molecule has 1 aromatic carbocycles. The molecule has 1 saturated carbocycles. The molecule has 108 valence electrons. The molecule has 0 bridgehead atoms. The second kappa shape index (κ2) is 6.41. The molecule has 1 aliphatic rings. The van der Waals surface area contributed by atoms with Gasteiger partial charge in [0.2, 0.25) is 5.91 Å². The number of nitrogen functional groups attached to an aromatic ring is 1. The fraction of sp³-hybridized carbons (Fsp3) is 0.467. The van der Waals surface area contributed by atoms with Crippen LogP contribution in [0.4, 0.5) is 5.69 Å². The van der Waals surface area contributed by atoms with Crippen molar-refractivity contribution in [3.8, 4) is 0 Å². The van der Waals surface area contributed by atoms with E-state index in [1.807, 2.05) is 13.0 Å². The van der Waals surface area contributed by atoms with Gasteiger partial charge in [-0.05, 0) is 49.9 Å². The SMILES string of the molecule is Cc1cc(N)cc(C(=O)NCCCC(=O)NC2CC2)c1. The van der Waals surface area contributed by atoms with E-state index in [2.05, 4.69) is 10.6 Å². The maximum atomic E-state index is 11.9. The zero-order valence-electron chi connectivity index (χ0n) is 11.7. The number of nitrogens with one attached hydrogen (secondary N) is 2. The molecule has 1 aromatic rings. The number of carbonyl (C=O) groups is 2. The van der Waals surface area contributed by atoms with Crippen LogP contribution in [0.5, 0.6) is 0 Å². The van der Waals surface area contributed by atoms with E-state index in [0.29, 0.717) is 36.7 Å². The van der Waals surface area contributed by atoms with Gasteiger partial charge in [-0.2, -0.15) is 0 Å². The average Bonchev–Trinajstić information content (AvgIpc) is 3.17. The lowest BCUT2D eigenvalue weighted by Gasteiger charge is -2.07. The minimum Gasteiger partial charge on any atom is -0.399 e. The van der Waals surface area contributed by atoms with E-state index in [0.717, 1.165) is 18.4 Å². The number of hydrogen-bond donors (Lipinski definition) is 3. The lowest BCUT2D eigenvalue weighted by Crippen LogP contribution is -2.28. The van der Waals surface area contributed by atoms with Gasteiger partial charge < -0.3 is 16.4 Å². The molecule has 20 heavy (non-hydrogen) atoms. The predicted octanol–water partition coefficient (Wildman–Crippen LogP) is 1.37. The van der Waals surface area contributed by atoms with E-state index in [1.165, 1.54) is 0 Å². The fourth-order valence-corrected chi connectivity index (χ4v) is 2.02. The number of nitrogens with two attached hydrogens (primary N) is 1. The molecule has 0 saturated heterocycles. The normalized spacial score (nSPS) is 13.8. The molecule has 0 radical (unpaired) electrons. The Morgan fingerprint density at radius 2 is 2.05 bits per heavy atom. The maximum Gasteiger partial charge on any atom is 0.251 e. The van der Waals surface area contributed by atoms with Crippen LogP contribution >= 0.6 is 0 Å². The summed E-state index contributed by atoms with van der Waals surface area (Å²) < 4.78 is 0. The first kappa shape index (κ1) is 14.4. The fourth-order valence-electron chi connectivity index (χ4n) is 2.02. The first-order valence-electron chi connectivity index (χ1n) is 6.99. The van der Waals surface area contributed by atoms with E-state index in [9.17, 15) is 9.59 Å². The highest BCUT2D eigenvalue weighted by molar-refractivity contribution is 5.95.